The Bertz CT molecular complexity index is 1470. The lowest BCUT2D eigenvalue weighted by molar-refractivity contribution is 0.0992. The summed E-state index contributed by atoms with van der Waals surface area (Å²) in [4.78, 5) is 27.9. The largest absolute Gasteiger partial charge is 0.543 e. The van der Waals surface area contributed by atoms with Gasteiger partial charge in [-0.05, 0) is 90.1 Å². The molecule has 8 heteroatoms. The highest BCUT2D eigenvalue weighted by Gasteiger charge is 2.39. The van der Waals surface area contributed by atoms with Crippen molar-refractivity contribution in [2.24, 2.45) is 0 Å². The Hall–Kier alpha value is -3.91. The summed E-state index contributed by atoms with van der Waals surface area (Å²) in [5.74, 6) is 0.140. The van der Waals surface area contributed by atoms with Gasteiger partial charge < -0.3 is 19.3 Å². The van der Waals surface area contributed by atoms with Crippen LogP contribution in [0, 0.1) is 5.82 Å². The van der Waals surface area contributed by atoms with E-state index in [1.807, 2.05) is 36.4 Å². The highest BCUT2D eigenvalue weighted by atomic mass is 28.4. The van der Waals surface area contributed by atoms with Gasteiger partial charge in [0.25, 0.3) is 5.91 Å². The van der Waals surface area contributed by atoms with Gasteiger partial charge in [0.1, 0.15) is 11.6 Å². The van der Waals surface area contributed by atoms with E-state index in [1.165, 1.54) is 21.9 Å². The molecule has 3 aromatic carbocycles. The molecule has 1 aliphatic heterocycles. The molecule has 0 atom stereocenters. The second-order valence-corrected chi connectivity index (χ2v) is 16.8. The summed E-state index contributed by atoms with van der Waals surface area (Å²) in [5.41, 5.74) is 4.89. The van der Waals surface area contributed by atoms with Crippen LogP contribution in [0.1, 0.15) is 55.1 Å². The molecule has 1 saturated heterocycles. The summed E-state index contributed by atoms with van der Waals surface area (Å²) in [7, 11) is -0.450. The summed E-state index contributed by atoms with van der Waals surface area (Å²) >= 11 is 0. The predicted molar refractivity (Wildman–Crippen MR) is 165 cm³/mol. The van der Waals surface area contributed by atoms with Crippen LogP contribution in [0.5, 0.6) is 5.75 Å². The molecular weight excluding hydrogens is 535 g/mol. The van der Waals surface area contributed by atoms with Gasteiger partial charge in [0.2, 0.25) is 8.32 Å². The van der Waals surface area contributed by atoms with Crippen molar-refractivity contribution in [3.8, 4) is 5.75 Å². The van der Waals surface area contributed by atoms with Crippen LogP contribution in [0.3, 0.4) is 0 Å². The minimum atomic E-state index is -2.08. The number of hydrogen-bond acceptors (Lipinski definition) is 3. The van der Waals surface area contributed by atoms with E-state index in [1.54, 1.807) is 25.2 Å². The fraction of sp³-hybridized carbons (Fsp3) is 0.333. The molecular formula is C33H39FN2O4Si. The maximum absolute atomic E-state index is 13.8. The van der Waals surface area contributed by atoms with Crippen molar-refractivity contribution in [3.05, 3.63) is 101 Å². The number of carbonyl (C=O) groups is 2. The molecule has 0 spiro atoms. The van der Waals surface area contributed by atoms with Gasteiger partial charge >= 0.3 is 6.09 Å². The molecule has 0 saturated carbocycles. The molecule has 1 aliphatic rings. The minimum Gasteiger partial charge on any atom is -0.543 e. The van der Waals surface area contributed by atoms with Gasteiger partial charge in [-0.3, -0.25) is 4.79 Å². The summed E-state index contributed by atoms with van der Waals surface area (Å²) < 4.78 is 20.5. The summed E-state index contributed by atoms with van der Waals surface area (Å²) in [6, 6.07) is 21.5. The van der Waals surface area contributed by atoms with Gasteiger partial charge in [0.05, 0.1) is 0 Å². The third-order valence-electron chi connectivity index (χ3n) is 8.19. The Morgan fingerprint density at radius 2 is 1.49 bits per heavy atom. The normalized spacial score (nSPS) is 14.0. The molecule has 1 heterocycles. The van der Waals surface area contributed by atoms with Crippen molar-refractivity contribution < 1.29 is 23.5 Å². The van der Waals surface area contributed by atoms with E-state index in [0.29, 0.717) is 37.2 Å². The van der Waals surface area contributed by atoms with E-state index in [9.17, 15) is 19.1 Å². The quantitative estimate of drug-likeness (QED) is 0.302. The average Bonchev–Trinajstić information content (AvgIpc) is 2.92. The molecule has 6 nitrogen and oxygen atoms in total. The number of carboxylic acid groups (broad SMARTS) is 1. The first-order chi connectivity index (χ1) is 19.3. The second-order valence-electron chi connectivity index (χ2n) is 12.1. The number of benzene rings is 3. The smallest absolute Gasteiger partial charge is 0.407 e. The number of anilines is 1. The van der Waals surface area contributed by atoms with Crippen LogP contribution in [0.4, 0.5) is 14.9 Å². The lowest BCUT2D eigenvalue weighted by Crippen LogP contribution is -2.43. The number of halogens is 1. The number of carbonyl (C=O) groups excluding carboxylic acids is 1. The summed E-state index contributed by atoms with van der Waals surface area (Å²) in [6.45, 7) is 11.9. The van der Waals surface area contributed by atoms with Crippen LogP contribution in [0.25, 0.3) is 5.57 Å². The number of amides is 2. The van der Waals surface area contributed by atoms with Gasteiger partial charge in [-0.15, -0.1) is 0 Å². The fourth-order valence-electron chi connectivity index (χ4n) is 4.76. The van der Waals surface area contributed by atoms with Gasteiger partial charge in [-0.2, -0.15) is 0 Å². The van der Waals surface area contributed by atoms with E-state index in [4.69, 9.17) is 4.43 Å². The molecule has 0 aliphatic carbocycles. The van der Waals surface area contributed by atoms with Crippen molar-refractivity contribution in [1.82, 2.24) is 4.90 Å². The van der Waals surface area contributed by atoms with Crippen LogP contribution in [-0.4, -0.2) is 50.5 Å². The van der Waals surface area contributed by atoms with Crippen LogP contribution < -0.4 is 9.33 Å². The van der Waals surface area contributed by atoms with Crippen LogP contribution in [0.15, 0.2) is 78.4 Å². The standard InChI is InChI=1S/C33H39FN2O4Si/c1-33(2,3)41(5,6)40-29-15-8-11-25(21-29)30(23-16-18-36(19-17-23)32(38)39)24-10-7-12-26(20-24)31(37)35(4)28-14-9-13-27(34)22-28/h7-15,20-22H,16-19H2,1-6H3,(H,38,39). The van der Waals surface area contributed by atoms with Gasteiger partial charge in [-0.1, -0.05) is 56.7 Å². The molecule has 3 aromatic rings. The van der Waals surface area contributed by atoms with Crippen LogP contribution in [0.2, 0.25) is 18.1 Å². The van der Waals surface area contributed by atoms with E-state index < -0.39 is 20.2 Å². The molecule has 4 rings (SSSR count). The third kappa shape index (κ3) is 6.88. The number of nitrogens with zero attached hydrogens (tertiary/aromatic N) is 2. The van der Waals surface area contributed by atoms with E-state index >= 15 is 0 Å². The zero-order valence-electron chi connectivity index (χ0n) is 24.7. The number of hydrogen-bond donors (Lipinski definition) is 1. The second kappa shape index (κ2) is 11.9. The zero-order valence-corrected chi connectivity index (χ0v) is 25.7. The summed E-state index contributed by atoms with van der Waals surface area (Å²) in [6.07, 6.45) is 0.274. The monoisotopic (exact) mass is 574 g/mol. The molecule has 41 heavy (non-hydrogen) atoms. The highest BCUT2D eigenvalue weighted by molar-refractivity contribution is 6.74. The maximum Gasteiger partial charge on any atom is 0.407 e. The molecule has 0 aromatic heterocycles. The number of likely N-dealkylation sites (tertiary alicyclic amines) is 1. The lowest BCUT2D eigenvalue weighted by atomic mass is 9.87. The van der Waals surface area contributed by atoms with Gasteiger partial charge in [0.15, 0.2) is 0 Å². The van der Waals surface area contributed by atoms with Crippen molar-refractivity contribution in [2.75, 3.05) is 25.0 Å². The SMILES string of the molecule is CN(C(=O)c1cccc(C(=C2CCN(C(=O)O)CC2)c2cccc(O[Si](C)(C)C(C)(C)C)c2)c1)c1cccc(F)c1. The Balaban J connectivity index is 1.76. The first-order valence-corrected chi connectivity index (χ1v) is 16.8. The molecule has 0 radical (unpaired) electrons. The molecule has 1 N–H and O–H groups in total. The first kappa shape index (κ1) is 30.1. The van der Waals surface area contributed by atoms with Crippen molar-refractivity contribution in [3.63, 3.8) is 0 Å². The predicted octanol–water partition coefficient (Wildman–Crippen LogP) is 8.06. The van der Waals surface area contributed by atoms with E-state index in [2.05, 4.69) is 39.9 Å². The van der Waals surface area contributed by atoms with Crippen LogP contribution in [-0.2, 0) is 0 Å². The Kier molecular flexibility index (Phi) is 8.73. The van der Waals surface area contributed by atoms with Crippen molar-refractivity contribution in [2.45, 2.75) is 51.7 Å². The Morgan fingerprint density at radius 1 is 0.902 bits per heavy atom. The van der Waals surface area contributed by atoms with Crippen LogP contribution >= 0.6 is 0 Å². The Labute approximate surface area is 243 Å². The molecule has 0 bridgehead atoms. The molecule has 2 amide bonds. The third-order valence-corrected chi connectivity index (χ3v) is 12.5. The minimum absolute atomic E-state index is 0.0380. The van der Waals surface area contributed by atoms with E-state index in [-0.39, 0.29) is 10.9 Å². The molecule has 1 fully saturated rings. The van der Waals surface area contributed by atoms with Gasteiger partial charge in [0, 0.05) is 31.4 Å². The van der Waals surface area contributed by atoms with Crippen molar-refractivity contribution >= 4 is 31.6 Å². The van der Waals surface area contributed by atoms with Gasteiger partial charge in [-0.25, -0.2) is 9.18 Å². The number of rotatable bonds is 6. The molecule has 0 unspecified atom stereocenters. The average molecular weight is 575 g/mol. The van der Waals surface area contributed by atoms with Crippen molar-refractivity contribution in [1.29, 1.82) is 0 Å². The molecule has 216 valence electrons. The Morgan fingerprint density at radius 3 is 2.10 bits per heavy atom. The fourth-order valence-corrected chi connectivity index (χ4v) is 5.78. The summed E-state index contributed by atoms with van der Waals surface area (Å²) in [5, 5.41) is 9.54. The first-order valence-electron chi connectivity index (χ1n) is 13.9. The van der Waals surface area contributed by atoms with E-state index in [0.717, 1.165) is 28.0 Å². The zero-order chi connectivity index (χ0) is 29.9. The maximum atomic E-state index is 13.8. The highest BCUT2D eigenvalue weighted by Crippen LogP contribution is 2.39. The topological polar surface area (TPSA) is 70.1 Å². The number of piperidine rings is 1. The lowest BCUT2D eigenvalue weighted by Gasteiger charge is -2.36.